The van der Waals surface area contributed by atoms with E-state index in [9.17, 15) is 0 Å². The Hall–Kier alpha value is -1.06. The Balaban J connectivity index is 1.87. The Kier molecular flexibility index (Phi) is 8.07. The van der Waals surface area contributed by atoms with E-state index in [4.69, 9.17) is 55.9 Å². The van der Waals surface area contributed by atoms with Crippen molar-refractivity contribution in [2.45, 2.75) is 12.8 Å². The van der Waals surface area contributed by atoms with Crippen molar-refractivity contribution in [1.82, 2.24) is 0 Å². The van der Waals surface area contributed by atoms with Gasteiger partial charge in [0, 0.05) is 12.1 Å². The van der Waals surface area contributed by atoms with Gasteiger partial charge in [-0.25, -0.2) is 0 Å². The van der Waals surface area contributed by atoms with Crippen molar-refractivity contribution in [2.24, 2.45) is 0 Å². The number of ether oxygens (including phenoxy) is 2. The van der Waals surface area contributed by atoms with Gasteiger partial charge in [-0.05, 0) is 24.5 Å². The van der Waals surface area contributed by atoms with Crippen LogP contribution in [0.3, 0.4) is 0 Å². The van der Waals surface area contributed by atoms with Crippen LogP contribution in [-0.4, -0.2) is 13.2 Å². The number of hydrogen-bond donors (Lipinski definition) is 0. The van der Waals surface area contributed by atoms with Gasteiger partial charge in [0.15, 0.2) is 5.75 Å². The maximum Gasteiger partial charge on any atom is 0.156 e. The molecule has 24 heavy (non-hydrogen) atoms. The molecule has 0 heterocycles. The van der Waals surface area contributed by atoms with E-state index in [-0.39, 0.29) is 11.1 Å². The highest BCUT2D eigenvalue weighted by Crippen LogP contribution is 2.37. The molecule has 2 nitrogen and oxygen atoms in total. The van der Waals surface area contributed by atoms with Crippen molar-refractivity contribution in [3.8, 4) is 11.5 Å². The Morgan fingerprint density at radius 3 is 2.25 bits per heavy atom. The molecule has 6 heteroatoms. The molecule has 0 radical (unpaired) electrons. The maximum absolute atomic E-state index is 6.22. The summed E-state index contributed by atoms with van der Waals surface area (Å²) >= 11 is 23.5. The van der Waals surface area contributed by atoms with Crippen LogP contribution in [0.1, 0.15) is 12.0 Å². The van der Waals surface area contributed by atoms with Crippen molar-refractivity contribution in [3.63, 3.8) is 0 Å². The van der Waals surface area contributed by atoms with E-state index < -0.39 is 0 Å². The third-order valence-corrected chi connectivity index (χ3v) is 4.03. The summed E-state index contributed by atoms with van der Waals surface area (Å²) in [5.74, 6) is 0.983. The molecule has 2 rings (SSSR count). The molecule has 0 unspecified atom stereocenters. The van der Waals surface area contributed by atoms with Crippen LogP contribution in [0, 0.1) is 0 Å². The molecule has 0 bridgehead atoms. The second-order valence-corrected chi connectivity index (χ2v) is 6.78. The van der Waals surface area contributed by atoms with Crippen LogP contribution >= 0.6 is 46.4 Å². The number of halogens is 4. The lowest BCUT2D eigenvalue weighted by Crippen LogP contribution is -2.01. The Bertz CT molecular complexity index is 660. The third kappa shape index (κ3) is 6.45. The highest BCUT2D eigenvalue weighted by atomic mass is 35.5. The normalized spacial score (nSPS) is 10.3. The lowest BCUT2D eigenvalue weighted by atomic mass is 10.1. The third-order valence-electron chi connectivity index (χ3n) is 3.16. The highest BCUT2D eigenvalue weighted by molar-refractivity contribution is 6.55. The summed E-state index contributed by atoms with van der Waals surface area (Å²) in [6.45, 7) is 0.755. The standard InChI is InChI=1S/C18H16Cl4O2/c19-15-11-14(23-10-8-17(21)22)12-16(20)18(15)24-9-4-7-13-5-2-1-3-6-13/h1-3,5-6,8,11-12H,4,7,9-10H2. The minimum absolute atomic E-state index is 0.144. The van der Waals surface area contributed by atoms with Gasteiger partial charge in [-0.2, -0.15) is 0 Å². The molecular formula is C18H16Cl4O2. The van der Waals surface area contributed by atoms with Gasteiger partial charge >= 0.3 is 0 Å². The zero-order valence-corrected chi connectivity index (χ0v) is 15.8. The average molecular weight is 406 g/mol. The van der Waals surface area contributed by atoms with Crippen molar-refractivity contribution < 1.29 is 9.47 Å². The van der Waals surface area contributed by atoms with Crippen LogP contribution in [0.5, 0.6) is 11.5 Å². The zero-order chi connectivity index (χ0) is 17.4. The lowest BCUT2D eigenvalue weighted by molar-refractivity contribution is 0.310. The van der Waals surface area contributed by atoms with E-state index in [2.05, 4.69) is 12.1 Å². The van der Waals surface area contributed by atoms with Gasteiger partial charge in [0.05, 0.1) is 16.7 Å². The first-order valence-electron chi connectivity index (χ1n) is 7.36. The summed E-state index contributed by atoms with van der Waals surface area (Å²) in [4.78, 5) is 0. The van der Waals surface area contributed by atoms with Crippen LogP contribution in [0.2, 0.25) is 10.0 Å². The average Bonchev–Trinajstić information content (AvgIpc) is 2.54. The summed E-state index contributed by atoms with van der Waals surface area (Å²) in [5, 5.41) is 0.802. The molecule has 0 aliphatic heterocycles. The monoisotopic (exact) mass is 404 g/mol. The molecular weight excluding hydrogens is 390 g/mol. The van der Waals surface area contributed by atoms with Gasteiger partial charge < -0.3 is 9.47 Å². The van der Waals surface area contributed by atoms with Crippen molar-refractivity contribution in [1.29, 1.82) is 0 Å². The molecule has 2 aromatic rings. The SMILES string of the molecule is ClC(Cl)=CCOc1cc(Cl)c(OCCCc2ccccc2)c(Cl)c1. The molecule has 0 spiro atoms. The minimum atomic E-state index is 0.144. The Morgan fingerprint density at radius 1 is 0.958 bits per heavy atom. The molecule has 0 aliphatic carbocycles. The van der Waals surface area contributed by atoms with Crippen LogP contribution in [0.4, 0.5) is 0 Å². The molecule has 0 saturated heterocycles. The van der Waals surface area contributed by atoms with Gasteiger partial charge in [0.25, 0.3) is 0 Å². The van der Waals surface area contributed by atoms with E-state index in [0.717, 1.165) is 12.8 Å². The molecule has 0 aliphatic rings. The van der Waals surface area contributed by atoms with E-state index >= 15 is 0 Å². The fraction of sp³-hybridized carbons (Fsp3) is 0.222. The quantitative estimate of drug-likeness (QED) is 0.454. The molecule has 128 valence electrons. The summed E-state index contributed by atoms with van der Waals surface area (Å²) in [5.41, 5.74) is 1.27. The van der Waals surface area contributed by atoms with E-state index in [1.807, 2.05) is 18.2 Å². The largest absolute Gasteiger partial charge is 0.490 e. The smallest absolute Gasteiger partial charge is 0.156 e. The lowest BCUT2D eigenvalue weighted by Gasteiger charge is -2.12. The molecule has 0 N–H and O–H groups in total. The van der Waals surface area contributed by atoms with Crippen LogP contribution in [-0.2, 0) is 6.42 Å². The number of benzene rings is 2. The minimum Gasteiger partial charge on any atom is -0.490 e. The fourth-order valence-corrected chi connectivity index (χ4v) is 2.76. The molecule has 0 aromatic heterocycles. The van der Waals surface area contributed by atoms with Crippen LogP contribution in [0.25, 0.3) is 0 Å². The Morgan fingerprint density at radius 2 is 1.62 bits per heavy atom. The fourth-order valence-electron chi connectivity index (χ4n) is 2.05. The highest BCUT2D eigenvalue weighted by Gasteiger charge is 2.10. The van der Waals surface area contributed by atoms with Crippen molar-refractivity contribution in [3.05, 3.63) is 68.6 Å². The first kappa shape index (κ1) is 19.3. The number of hydrogen-bond acceptors (Lipinski definition) is 2. The molecule has 0 fully saturated rings. The topological polar surface area (TPSA) is 18.5 Å². The van der Waals surface area contributed by atoms with E-state index in [0.29, 0.717) is 28.2 Å². The zero-order valence-electron chi connectivity index (χ0n) is 12.8. The van der Waals surface area contributed by atoms with Gasteiger partial charge in [0.1, 0.15) is 16.8 Å². The summed E-state index contributed by atoms with van der Waals surface area (Å²) in [6, 6.07) is 13.5. The summed E-state index contributed by atoms with van der Waals surface area (Å²) < 4.78 is 11.3. The Labute approximate surface area is 161 Å². The van der Waals surface area contributed by atoms with Crippen molar-refractivity contribution >= 4 is 46.4 Å². The van der Waals surface area contributed by atoms with Gasteiger partial charge in [-0.15, -0.1) is 0 Å². The second kappa shape index (κ2) is 10.0. The van der Waals surface area contributed by atoms with Crippen LogP contribution < -0.4 is 9.47 Å². The van der Waals surface area contributed by atoms with Crippen LogP contribution in [0.15, 0.2) is 53.0 Å². The maximum atomic E-state index is 6.22. The first-order valence-corrected chi connectivity index (χ1v) is 8.87. The molecule has 2 aromatic carbocycles. The summed E-state index contributed by atoms with van der Waals surface area (Å²) in [6.07, 6.45) is 3.33. The van der Waals surface area contributed by atoms with Gasteiger partial charge in [-0.1, -0.05) is 76.7 Å². The van der Waals surface area contributed by atoms with Crippen molar-refractivity contribution in [2.75, 3.05) is 13.2 Å². The second-order valence-electron chi connectivity index (χ2n) is 4.96. The van der Waals surface area contributed by atoms with E-state index in [1.165, 1.54) is 11.6 Å². The number of aryl methyl sites for hydroxylation is 1. The predicted molar refractivity (Wildman–Crippen MR) is 102 cm³/mol. The van der Waals surface area contributed by atoms with Gasteiger partial charge in [0.2, 0.25) is 0 Å². The molecule has 0 saturated carbocycles. The predicted octanol–water partition coefficient (Wildman–Crippen LogP) is 6.70. The molecule has 0 amide bonds. The first-order chi connectivity index (χ1) is 11.6. The van der Waals surface area contributed by atoms with E-state index in [1.54, 1.807) is 12.1 Å². The number of rotatable bonds is 8. The summed E-state index contributed by atoms with van der Waals surface area (Å²) in [7, 11) is 0. The van der Waals surface area contributed by atoms with Gasteiger partial charge in [-0.3, -0.25) is 0 Å². The molecule has 0 atom stereocenters.